The molecule has 0 aliphatic carbocycles. The number of hydrogen-bond acceptors (Lipinski definition) is 3. The van der Waals surface area contributed by atoms with E-state index in [9.17, 15) is 4.79 Å². The molecule has 5 rings (SSSR count). The molecule has 4 heteroatoms. The zero-order chi connectivity index (χ0) is 17.5. The molecule has 2 aromatic carbocycles. The molecule has 2 saturated heterocycles. The predicted octanol–water partition coefficient (Wildman–Crippen LogP) is 4.01. The second kappa shape index (κ2) is 6.44. The van der Waals surface area contributed by atoms with Crippen molar-refractivity contribution >= 4 is 27.6 Å². The molecule has 2 aliphatic heterocycles. The molecule has 3 aromatic rings. The third-order valence-corrected chi connectivity index (χ3v) is 6.01. The second-order valence-electron chi connectivity index (χ2n) is 7.60. The minimum absolute atomic E-state index is 0.176. The normalized spacial score (nSPS) is 23.3. The summed E-state index contributed by atoms with van der Waals surface area (Å²) in [5.74, 6) is 2.16. The Kier molecular flexibility index (Phi) is 3.93. The fraction of sp³-hybridized carbons (Fsp3) is 0.409. The number of nitrogens with zero attached hydrogens (tertiary/aromatic N) is 1. The van der Waals surface area contributed by atoms with Crippen LogP contribution in [0, 0.1) is 11.8 Å². The molecular weight excluding hydrogens is 326 g/mol. The molecule has 0 N–H and O–H groups in total. The summed E-state index contributed by atoms with van der Waals surface area (Å²) >= 11 is 0. The van der Waals surface area contributed by atoms with Crippen molar-refractivity contribution < 1.29 is 13.9 Å². The number of fused-ring (bicyclic) bond motifs is 3. The molecular formula is C22H23NO3. The number of benzene rings is 2. The molecule has 134 valence electrons. The van der Waals surface area contributed by atoms with Crippen LogP contribution in [-0.4, -0.2) is 37.1 Å². The average molecular weight is 349 g/mol. The van der Waals surface area contributed by atoms with Gasteiger partial charge < -0.3 is 14.1 Å². The topological polar surface area (TPSA) is 42.7 Å². The highest BCUT2D eigenvalue weighted by Crippen LogP contribution is 2.31. The maximum Gasteiger partial charge on any atom is 0.230 e. The molecule has 2 unspecified atom stereocenters. The van der Waals surface area contributed by atoms with Gasteiger partial charge in [0.15, 0.2) is 0 Å². The van der Waals surface area contributed by atoms with Crippen molar-refractivity contribution in [3.63, 3.8) is 0 Å². The first-order valence-corrected chi connectivity index (χ1v) is 9.53. The van der Waals surface area contributed by atoms with Gasteiger partial charge in [-0.15, -0.1) is 0 Å². The number of furan rings is 1. The molecule has 1 amide bonds. The third-order valence-electron chi connectivity index (χ3n) is 6.01. The highest BCUT2D eigenvalue weighted by Gasteiger charge is 2.33. The fourth-order valence-electron chi connectivity index (χ4n) is 4.52. The standard InChI is InChI=1S/C22H23NO3/c24-22(23-9-7-16(13-23)17-8-10-25-14-17)12-18-11-20-19-4-2-1-3-15(19)5-6-21(20)26-18/h1-6,11,16-17H,7-10,12-14H2. The largest absolute Gasteiger partial charge is 0.461 e. The lowest BCUT2D eigenvalue weighted by atomic mass is 9.91. The first kappa shape index (κ1) is 15.9. The molecule has 26 heavy (non-hydrogen) atoms. The van der Waals surface area contributed by atoms with E-state index >= 15 is 0 Å². The van der Waals surface area contributed by atoms with E-state index < -0.39 is 0 Å². The van der Waals surface area contributed by atoms with Crippen LogP contribution < -0.4 is 0 Å². The van der Waals surface area contributed by atoms with Crippen molar-refractivity contribution in [1.82, 2.24) is 4.90 Å². The molecule has 3 heterocycles. The number of carbonyl (C=O) groups excluding carboxylic acids is 1. The van der Waals surface area contributed by atoms with Crippen LogP contribution in [0.4, 0.5) is 0 Å². The van der Waals surface area contributed by atoms with Gasteiger partial charge in [0.25, 0.3) is 0 Å². The fourth-order valence-corrected chi connectivity index (χ4v) is 4.52. The van der Waals surface area contributed by atoms with Gasteiger partial charge in [-0.2, -0.15) is 0 Å². The van der Waals surface area contributed by atoms with Crippen LogP contribution in [0.1, 0.15) is 18.6 Å². The number of ether oxygens (including phenoxy) is 1. The first-order valence-electron chi connectivity index (χ1n) is 9.53. The Labute approximate surface area is 152 Å². The van der Waals surface area contributed by atoms with Gasteiger partial charge >= 0.3 is 0 Å². The van der Waals surface area contributed by atoms with Gasteiger partial charge in [0.05, 0.1) is 6.42 Å². The van der Waals surface area contributed by atoms with Gasteiger partial charge in [-0.1, -0.05) is 30.3 Å². The Morgan fingerprint density at radius 3 is 2.88 bits per heavy atom. The lowest BCUT2D eigenvalue weighted by Crippen LogP contribution is -2.31. The Bertz CT molecular complexity index is 954. The molecule has 0 spiro atoms. The maximum absolute atomic E-state index is 12.8. The van der Waals surface area contributed by atoms with Crippen LogP contribution in [0.25, 0.3) is 21.7 Å². The van der Waals surface area contributed by atoms with Gasteiger partial charge in [0.2, 0.25) is 5.91 Å². The highest BCUT2D eigenvalue weighted by molar-refractivity contribution is 6.06. The second-order valence-corrected chi connectivity index (χ2v) is 7.60. The molecule has 0 bridgehead atoms. The van der Waals surface area contributed by atoms with Gasteiger partial charge in [0.1, 0.15) is 11.3 Å². The van der Waals surface area contributed by atoms with Gasteiger partial charge in [-0.25, -0.2) is 0 Å². The Morgan fingerprint density at radius 2 is 2.00 bits per heavy atom. The zero-order valence-corrected chi connectivity index (χ0v) is 14.8. The molecule has 2 aliphatic rings. The van der Waals surface area contributed by atoms with Crippen LogP contribution in [0.2, 0.25) is 0 Å². The van der Waals surface area contributed by atoms with Gasteiger partial charge in [0, 0.05) is 31.7 Å². The smallest absolute Gasteiger partial charge is 0.230 e. The summed E-state index contributed by atoms with van der Waals surface area (Å²) in [6.07, 6.45) is 2.59. The van der Waals surface area contributed by atoms with Gasteiger partial charge in [-0.05, 0) is 47.6 Å². The summed E-state index contributed by atoms with van der Waals surface area (Å²) in [5.41, 5.74) is 0.855. The highest BCUT2D eigenvalue weighted by atomic mass is 16.5. The number of hydrogen-bond donors (Lipinski definition) is 0. The Morgan fingerprint density at radius 1 is 1.08 bits per heavy atom. The van der Waals surface area contributed by atoms with E-state index in [1.165, 1.54) is 10.8 Å². The molecule has 4 nitrogen and oxygen atoms in total. The minimum Gasteiger partial charge on any atom is -0.461 e. The number of carbonyl (C=O) groups is 1. The van der Waals surface area contributed by atoms with E-state index in [1.54, 1.807) is 0 Å². The number of amides is 1. The van der Waals surface area contributed by atoms with E-state index in [4.69, 9.17) is 9.15 Å². The molecule has 0 radical (unpaired) electrons. The van der Waals surface area contributed by atoms with E-state index in [0.29, 0.717) is 18.3 Å². The van der Waals surface area contributed by atoms with Crippen molar-refractivity contribution in [3.8, 4) is 0 Å². The van der Waals surface area contributed by atoms with E-state index in [2.05, 4.69) is 18.2 Å². The maximum atomic E-state index is 12.8. The van der Waals surface area contributed by atoms with Crippen molar-refractivity contribution in [2.45, 2.75) is 19.3 Å². The SMILES string of the molecule is O=C(Cc1cc2c(ccc3ccccc32)o1)N1CCC(C2CCOC2)C1. The average Bonchev–Trinajstić information content (AvgIpc) is 3.40. The van der Waals surface area contributed by atoms with Crippen molar-refractivity contribution in [2.24, 2.45) is 11.8 Å². The van der Waals surface area contributed by atoms with Crippen LogP contribution in [0.5, 0.6) is 0 Å². The lowest BCUT2D eigenvalue weighted by molar-refractivity contribution is -0.129. The van der Waals surface area contributed by atoms with Crippen LogP contribution in [0.15, 0.2) is 46.9 Å². The van der Waals surface area contributed by atoms with Crippen LogP contribution in [0.3, 0.4) is 0 Å². The number of rotatable bonds is 3. The summed E-state index contributed by atoms with van der Waals surface area (Å²) in [7, 11) is 0. The third kappa shape index (κ3) is 2.78. The van der Waals surface area contributed by atoms with E-state index in [0.717, 1.165) is 55.9 Å². The summed E-state index contributed by atoms with van der Waals surface area (Å²) < 4.78 is 11.5. The Hall–Kier alpha value is -2.33. The summed E-state index contributed by atoms with van der Waals surface area (Å²) in [6.45, 7) is 3.48. The van der Waals surface area contributed by atoms with Crippen molar-refractivity contribution in [3.05, 3.63) is 48.2 Å². The van der Waals surface area contributed by atoms with Crippen LogP contribution >= 0.6 is 0 Å². The molecule has 2 atom stereocenters. The zero-order valence-electron chi connectivity index (χ0n) is 14.8. The van der Waals surface area contributed by atoms with Crippen LogP contribution in [-0.2, 0) is 16.0 Å². The summed E-state index contributed by atoms with van der Waals surface area (Å²) in [5, 5.41) is 3.46. The monoisotopic (exact) mass is 349 g/mol. The van der Waals surface area contributed by atoms with E-state index in [-0.39, 0.29) is 5.91 Å². The van der Waals surface area contributed by atoms with Crippen molar-refractivity contribution in [2.75, 3.05) is 26.3 Å². The first-order chi connectivity index (χ1) is 12.8. The number of likely N-dealkylation sites (tertiary alicyclic amines) is 1. The lowest BCUT2D eigenvalue weighted by Gasteiger charge is -2.18. The predicted molar refractivity (Wildman–Crippen MR) is 101 cm³/mol. The van der Waals surface area contributed by atoms with Gasteiger partial charge in [-0.3, -0.25) is 4.79 Å². The summed E-state index contributed by atoms with van der Waals surface area (Å²) in [4.78, 5) is 14.8. The quantitative estimate of drug-likeness (QED) is 0.717. The minimum atomic E-state index is 0.176. The molecule has 0 saturated carbocycles. The van der Waals surface area contributed by atoms with Crippen molar-refractivity contribution in [1.29, 1.82) is 0 Å². The van der Waals surface area contributed by atoms with E-state index in [1.807, 2.05) is 29.2 Å². The molecule has 1 aromatic heterocycles. The molecule has 2 fully saturated rings. The summed E-state index contributed by atoms with van der Waals surface area (Å²) in [6, 6.07) is 14.4. The Balaban J connectivity index is 1.33.